The van der Waals surface area contributed by atoms with Crippen LogP contribution in [-0.4, -0.2) is 37.4 Å². The van der Waals surface area contributed by atoms with Crippen molar-refractivity contribution in [2.24, 2.45) is 0 Å². The van der Waals surface area contributed by atoms with Gasteiger partial charge in [0.1, 0.15) is 5.69 Å². The first-order valence-corrected chi connectivity index (χ1v) is 8.74. The zero-order chi connectivity index (χ0) is 17.1. The van der Waals surface area contributed by atoms with Gasteiger partial charge in [-0.2, -0.15) is 10.2 Å². The molecule has 0 saturated carbocycles. The maximum Gasteiger partial charge on any atom is 0.269 e. The zero-order valence-electron chi connectivity index (χ0n) is 14.0. The fourth-order valence-corrected chi connectivity index (χ4v) is 3.32. The molecule has 0 aliphatic heterocycles. The molecule has 8 heteroatoms. The summed E-state index contributed by atoms with van der Waals surface area (Å²) in [7, 11) is 0. The maximum atomic E-state index is 12.2. The summed E-state index contributed by atoms with van der Waals surface area (Å²) in [5.74, 6) is -0.163. The molecule has 7 nitrogen and oxygen atoms in total. The molecule has 3 aromatic rings. The van der Waals surface area contributed by atoms with Crippen molar-refractivity contribution in [2.45, 2.75) is 33.7 Å². The second-order valence-electron chi connectivity index (χ2n) is 5.46. The lowest BCUT2D eigenvalue weighted by atomic mass is 10.1. The van der Waals surface area contributed by atoms with Gasteiger partial charge in [0.05, 0.1) is 16.4 Å². The van der Waals surface area contributed by atoms with E-state index in [1.54, 1.807) is 23.6 Å². The van der Waals surface area contributed by atoms with Crippen molar-refractivity contribution in [2.75, 3.05) is 6.54 Å². The largest absolute Gasteiger partial charge is 0.350 e. The van der Waals surface area contributed by atoms with Crippen LogP contribution in [0.1, 0.15) is 33.8 Å². The van der Waals surface area contributed by atoms with E-state index in [9.17, 15) is 4.79 Å². The molecule has 1 amide bonds. The molecule has 0 saturated heterocycles. The van der Waals surface area contributed by atoms with E-state index < -0.39 is 0 Å². The molecule has 24 heavy (non-hydrogen) atoms. The Labute approximate surface area is 144 Å². The van der Waals surface area contributed by atoms with Gasteiger partial charge >= 0.3 is 0 Å². The van der Waals surface area contributed by atoms with Crippen molar-refractivity contribution in [3.05, 3.63) is 39.7 Å². The molecule has 3 aromatic heterocycles. The van der Waals surface area contributed by atoms with Crippen LogP contribution in [0.15, 0.2) is 17.6 Å². The van der Waals surface area contributed by atoms with E-state index in [4.69, 9.17) is 0 Å². The first-order chi connectivity index (χ1) is 11.6. The summed E-state index contributed by atoms with van der Waals surface area (Å²) >= 11 is 1.59. The van der Waals surface area contributed by atoms with E-state index in [1.807, 2.05) is 23.9 Å². The Bertz CT molecular complexity index is 833. The Morgan fingerprint density at radius 1 is 1.42 bits per heavy atom. The molecule has 0 aliphatic rings. The summed E-state index contributed by atoms with van der Waals surface area (Å²) in [5, 5.41) is 17.4. The van der Waals surface area contributed by atoms with Crippen molar-refractivity contribution >= 4 is 17.2 Å². The lowest BCUT2D eigenvalue weighted by Gasteiger charge is -2.01. The summed E-state index contributed by atoms with van der Waals surface area (Å²) in [6.45, 7) is 7.38. The SMILES string of the molecule is CCn1nc(C)c(-c2cc(C(=O)NCCc3nccs3)[nH]n2)c1C. The van der Waals surface area contributed by atoms with Gasteiger partial charge < -0.3 is 5.32 Å². The molecule has 126 valence electrons. The average molecular weight is 344 g/mol. The summed E-state index contributed by atoms with van der Waals surface area (Å²) in [5.41, 5.74) is 4.14. The molecule has 0 radical (unpaired) electrons. The van der Waals surface area contributed by atoms with Crippen LogP contribution in [0.4, 0.5) is 0 Å². The van der Waals surface area contributed by atoms with Crippen LogP contribution in [0.5, 0.6) is 0 Å². The Hall–Kier alpha value is -2.48. The molecule has 0 bridgehead atoms. The third-order valence-corrected chi connectivity index (χ3v) is 4.71. The fourth-order valence-electron chi connectivity index (χ4n) is 2.70. The lowest BCUT2D eigenvalue weighted by Crippen LogP contribution is -2.25. The smallest absolute Gasteiger partial charge is 0.269 e. The van der Waals surface area contributed by atoms with Crippen molar-refractivity contribution in [3.8, 4) is 11.3 Å². The average Bonchev–Trinajstić information content (AvgIpc) is 3.28. The molecular formula is C16H20N6OS. The molecule has 0 aliphatic carbocycles. The molecule has 3 rings (SSSR count). The number of hydrogen-bond donors (Lipinski definition) is 2. The standard InChI is InChI=1S/C16H20N6OS/c1-4-22-11(3)15(10(2)21-22)12-9-13(20-19-12)16(23)18-6-5-14-17-7-8-24-14/h7-9H,4-6H2,1-3H3,(H,18,23)(H,19,20). The molecule has 2 N–H and O–H groups in total. The number of nitrogens with zero attached hydrogens (tertiary/aromatic N) is 4. The predicted molar refractivity (Wildman–Crippen MR) is 93.1 cm³/mol. The number of carbonyl (C=O) groups is 1. The molecule has 0 atom stereocenters. The third kappa shape index (κ3) is 3.23. The number of aromatic nitrogens is 5. The topological polar surface area (TPSA) is 88.5 Å². The van der Waals surface area contributed by atoms with Gasteiger partial charge in [-0.1, -0.05) is 0 Å². The van der Waals surface area contributed by atoms with Crippen molar-refractivity contribution in [1.29, 1.82) is 0 Å². The van der Waals surface area contributed by atoms with Gasteiger partial charge in [-0.05, 0) is 26.8 Å². The molecule has 3 heterocycles. The highest BCUT2D eigenvalue weighted by atomic mass is 32.1. The van der Waals surface area contributed by atoms with Gasteiger partial charge in [-0.25, -0.2) is 4.98 Å². The number of rotatable bonds is 6. The molecule has 0 spiro atoms. The van der Waals surface area contributed by atoms with Crippen LogP contribution in [0.2, 0.25) is 0 Å². The molecule has 0 aromatic carbocycles. The predicted octanol–water partition coefficient (Wildman–Crippen LogP) is 2.34. The summed E-state index contributed by atoms with van der Waals surface area (Å²) in [6, 6.07) is 1.77. The van der Waals surface area contributed by atoms with Crippen LogP contribution in [0, 0.1) is 13.8 Å². The van der Waals surface area contributed by atoms with E-state index in [2.05, 4.69) is 32.5 Å². The second kappa shape index (κ2) is 6.96. The Morgan fingerprint density at radius 2 is 2.25 bits per heavy atom. The van der Waals surface area contributed by atoms with E-state index in [-0.39, 0.29) is 5.91 Å². The second-order valence-corrected chi connectivity index (χ2v) is 6.44. The van der Waals surface area contributed by atoms with Crippen LogP contribution in [0.25, 0.3) is 11.3 Å². The number of nitrogens with one attached hydrogen (secondary N) is 2. The molecular weight excluding hydrogens is 324 g/mol. The fraction of sp³-hybridized carbons (Fsp3) is 0.375. The molecule has 0 fully saturated rings. The van der Waals surface area contributed by atoms with Crippen molar-refractivity contribution in [1.82, 2.24) is 30.3 Å². The number of aryl methyl sites for hydroxylation is 2. The zero-order valence-corrected chi connectivity index (χ0v) is 14.8. The highest BCUT2D eigenvalue weighted by Gasteiger charge is 2.17. The normalized spacial score (nSPS) is 11.0. The van der Waals surface area contributed by atoms with E-state index in [1.165, 1.54) is 0 Å². The molecule has 0 unspecified atom stereocenters. The minimum atomic E-state index is -0.163. The quantitative estimate of drug-likeness (QED) is 0.718. The van der Waals surface area contributed by atoms with Crippen LogP contribution in [-0.2, 0) is 13.0 Å². The van der Waals surface area contributed by atoms with Crippen LogP contribution >= 0.6 is 11.3 Å². The van der Waals surface area contributed by atoms with Gasteiger partial charge in [0.25, 0.3) is 5.91 Å². The summed E-state index contributed by atoms with van der Waals surface area (Å²) < 4.78 is 1.94. The minimum absolute atomic E-state index is 0.163. The monoisotopic (exact) mass is 344 g/mol. The minimum Gasteiger partial charge on any atom is -0.350 e. The number of hydrogen-bond acceptors (Lipinski definition) is 5. The van der Waals surface area contributed by atoms with Gasteiger partial charge in [-0.15, -0.1) is 11.3 Å². The van der Waals surface area contributed by atoms with Gasteiger partial charge in [-0.3, -0.25) is 14.6 Å². The first-order valence-electron chi connectivity index (χ1n) is 7.86. The number of amides is 1. The van der Waals surface area contributed by atoms with E-state index in [0.717, 1.165) is 40.6 Å². The highest BCUT2D eigenvalue weighted by Crippen LogP contribution is 2.25. The van der Waals surface area contributed by atoms with Crippen LogP contribution in [0.3, 0.4) is 0 Å². The van der Waals surface area contributed by atoms with E-state index >= 15 is 0 Å². The van der Waals surface area contributed by atoms with Crippen molar-refractivity contribution in [3.63, 3.8) is 0 Å². The highest BCUT2D eigenvalue weighted by molar-refractivity contribution is 7.09. The van der Waals surface area contributed by atoms with Crippen molar-refractivity contribution < 1.29 is 4.79 Å². The summed E-state index contributed by atoms with van der Waals surface area (Å²) in [4.78, 5) is 16.4. The maximum absolute atomic E-state index is 12.2. The van der Waals surface area contributed by atoms with Gasteiger partial charge in [0.2, 0.25) is 0 Å². The van der Waals surface area contributed by atoms with Crippen LogP contribution < -0.4 is 5.32 Å². The number of thiazole rings is 1. The van der Waals surface area contributed by atoms with Gasteiger partial charge in [0.15, 0.2) is 0 Å². The lowest BCUT2D eigenvalue weighted by molar-refractivity contribution is 0.0949. The summed E-state index contributed by atoms with van der Waals surface area (Å²) in [6.07, 6.45) is 2.50. The Kier molecular flexibility index (Phi) is 4.75. The number of carbonyl (C=O) groups excluding carboxylic acids is 1. The Balaban J connectivity index is 1.69. The van der Waals surface area contributed by atoms with Gasteiger partial charge in [0, 0.05) is 42.3 Å². The third-order valence-electron chi connectivity index (χ3n) is 3.87. The Morgan fingerprint density at radius 3 is 2.92 bits per heavy atom. The first kappa shape index (κ1) is 16.4. The number of H-pyrrole nitrogens is 1. The van der Waals surface area contributed by atoms with E-state index in [0.29, 0.717) is 12.2 Å². The number of aromatic amines is 1.